The number of rotatable bonds is 6. The van der Waals surface area contributed by atoms with Crippen molar-refractivity contribution in [3.8, 4) is 11.5 Å². The molecule has 5 heteroatoms. The van der Waals surface area contributed by atoms with E-state index >= 15 is 0 Å². The van der Waals surface area contributed by atoms with Gasteiger partial charge in [0.2, 0.25) is 0 Å². The summed E-state index contributed by atoms with van der Waals surface area (Å²) in [5.74, 6) is 7.04. The summed E-state index contributed by atoms with van der Waals surface area (Å²) < 4.78 is 10.9. The smallest absolute Gasteiger partial charge is 0.142 e. The number of benzene rings is 1. The molecule has 1 heterocycles. The number of aromatic nitrogens is 1. The van der Waals surface area contributed by atoms with Crippen LogP contribution in [0.3, 0.4) is 0 Å². The van der Waals surface area contributed by atoms with Gasteiger partial charge in [0.1, 0.15) is 29.8 Å². The third-order valence-corrected chi connectivity index (χ3v) is 2.71. The van der Waals surface area contributed by atoms with Crippen LogP contribution >= 0.6 is 0 Å². The lowest BCUT2D eigenvalue weighted by atomic mass is 10.2. The fourth-order valence-corrected chi connectivity index (χ4v) is 1.74. The molecule has 1 unspecified atom stereocenters. The summed E-state index contributed by atoms with van der Waals surface area (Å²) in [5.41, 5.74) is 3.42. The molecule has 0 aliphatic carbocycles. The summed E-state index contributed by atoms with van der Waals surface area (Å²) in [7, 11) is 1.60. The predicted octanol–water partition coefficient (Wildman–Crippen LogP) is 1.67. The van der Waals surface area contributed by atoms with E-state index in [2.05, 4.69) is 10.4 Å². The average Bonchev–Trinajstić information content (AvgIpc) is 2.49. The van der Waals surface area contributed by atoms with E-state index in [-0.39, 0.29) is 6.04 Å². The first-order valence-electron chi connectivity index (χ1n) is 5.98. The van der Waals surface area contributed by atoms with Crippen molar-refractivity contribution in [2.24, 2.45) is 5.84 Å². The van der Waals surface area contributed by atoms with Crippen molar-refractivity contribution in [1.29, 1.82) is 0 Å². The number of nitrogens with two attached hydrogens (primary N) is 1. The highest BCUT2D eigenvalue weighted by Gasteiger charge is 2.16. The monoisotopic (exact) mass is 259 g/mol. The Kier molecular flexibility index (Phi) is 4.72. The van der Waals surface area contributed by atoms with E-state index in [1.54, 1.807) is 13.3 Å². The van der Waals surface area contributed by atoms with Crippen molar-refractivity contribution in [2.75, 3.05) is 13.7 Å². The molecule has 100 valence electrons. The van der Waals surface area contributed by atoms with Crippen LogP contribution in [0.4, 0.5) is 0 Å². The Labute approximate surface area is 112 Å². The Morgan fingerprint density at radius 2 is 2.00 bits per heavy atom. The normalized spacial score (nSPS) is 11.9. The molecule has 0 spiro atoms. The van der Waals surface area contributed by atoms with Crippen molar-refractivity contribution < 1.29 is 9.47 Å². The molecule has 0 saturated heterocycles. The van der Waals surface area contributed by atoms with Gasteiger partial charge in [0.15, 0.2) is 0 Å². The van der Waals surface area contributed by atoms with E-state index in [9.17, 15) is 0 Å². The summed E-state index contributed by atoms with van der Waals surface area (Å²) in [4.78, 5) is 4.29. The van der Waals surface area contributed by atoms with Gasteiger partial charge in [-0.2, -0.15) is 0 Å². The molecule has 3 N–H and O–H groups in total. The fraction of sp³-hybridized carbons (Fsp3) is 0.214. The zero-order valence-corrected chi connectivity index (χ0v) is 10.7. The molecule has 0 saturated carbocycles. The summed E-state index contributed by atoms with van der Waals surface area (Å²) in [6.45, 7) is 0.369. The number of nitrogens with one attached hydrogen (secondary N) is 1. The molecule has 0 amide bonds. The number of pyridine rings is 1. The zero-order valence-electron chi connectivity index (χ0n) is 10.7. The predicted molar refractivity (Wildman–Crippen MR) is 72.8 cm³/mol. The maximum atomic E-state index is 5.67. The Hall–Kier alpha value is -2.11. The second-order valence-corrected chi connectivity index (χ2v) is 3.93. The molecule has 1 aromatic carbocycles. The van der Waals surface area contributed by atoms with Crippen molar-refractivity contribution in [2.45, 2.75) is 6.04 Å². The van der Waals surface area contributed by atoms with Crippen LogP contribution in [0.2, 0.25) is 0 Å². The number of ether oxygens (including phenoxy) is 2. The topological polar surface area (TPSA) is 69.4 Å². The molecule has 0 aliphatic heterocycles. The molecule has 19 heavy (non-hydrogen) atoms. The van der Waals surface area contributed by atoms with Gasteiger partial charge in [-0.25, -0.2) is 5.43 Å². The largest absolute Gasteiger partial charge is 0.495 e. The first-order chi connectivity index (χ1) is 9.35. The minimum absolute atomic E-state index is 0.239. The highest BCUT2D eigenvalue weighted by Crippen LogP contribution is 2.22. The van der Waals surface area contributed by atoms with Gasteiger partial charge in [0.05, 0.1) is 7.11 Å². The highest BCUT2D eigenvalue weighted by atomic mass is 16.5. The van der Waals surface area contributed by atoms with Gasteiger partial charge in [-0.3, -0.25) is 10.8 Å². The number of hydrogen-bond acceptors (Lipinski definition) is 5. The zero-order chi connectivity index (χ0) is 13.5. The van der Waals surface area contributed by atoms with Gasteiger partial charge in [0, 0.05) is 6.20 Å². The van der Waals surface area contributed by atoms with Crippen molar-refractivity contribution >= 4 is 0 Å². The Balaban J connectivity index is 2.08. The molecule has 0 aliphatic rings. The van der Waals surface area contributed by atoms with Crippen molar-refractivity contribution in [1.82, 2.24) is 10.4 Å². The molecule has 2 aromatic rings. The molecular weight excluding hydrogens is 242 g/mol. The first-order valence-corrected chi connectivity index (χ1v) is 5.98. The van der Waals surface area contributed by atoms with Crippen LogP contribution in [0, 0.1) is 0 Å². The van der Waals surface area contributed by atoms with Crippen LogP contribution in [0.5, 0.6) is 11.5 Å². The number of nitrogens with zero attached hydrogens (tertiary/aromatic N) is 1. The maximum absolute atomic E-state index is 5.67. The second kappa shape index (κ2) is 6.72. The van der Waals surface area contributed by atoms with E-state index in [0.717, 1.165) is 11.4 Å². The second-order valence-electron chi connectivity index (χ2n) is 3.93. The Morgan fingerprint density at radius 3 is 2.68 bits per heavy atom. The minimum atomic E-state index is -0.239. The molecule has 0 bridgehead atoms. The van der Waals surface area contributed by atoms with Crippen LogP contribution in [0.15, 0.2) is 48.7 Å². The average molecular weight is 259 g/mol. The van der Waals surface area contributed by atoms with E-state index in [1.807, 2.05) is 42.5 Å². The van der Waals surface area contributed by atoms with Crippen molar-refractivity contribution in [3.63, 3.8) is 0 Å². The number of para-hydroxylation sites is 1. The fourth-order valence-electron chi connectivity index (χ4n) is 1.74. The van der Waals surface area contributed by atoms with Gasteiger partial charge < -0.3 is 9.47 Å². The number of hydrazine groups is 1. The quantitative estimate of drug-likeness (QED) is 0.610. The molecule has 2 rings (SSSR count). The van der Waals surface area contributed by atoms with E-state index < -0.39 is 0 Å². The van der Waals surface area contributed by atoms with Gasteiger partial charge >= 0.3 is 0 Å². The molecular formula is C14H17N3O2. The third kappa shape index (κ3) is 3.43. The SMILES string of the molecule is COc1cccnc1C(COc1ccccc1)NN. The maximum Gasteiger partial charge on any atom is 0.142 e. The summed E-state index contributed by atoms with van der Waals surface area (Å²) in [6, 6.07) is 13.0. The van der Waals surface area contributed by atoms with Crippen molar-refractivity contribution in [3.05, 3.63) is 54.4 Å². The van der Waals surface area contributed by atoms with E-state index in [1.165, 1.54) is 0 Å². The standard InChI is InChI=1S/C14H17N3O2/c1-18-13-8-5-9-16-14(13)12(17-15)10-19-11-6-3-2-4-7-11/h2-9,12,17H,10,15H2,1H3. The van der Waals surface area contributed by atoms with Gasteiger partial charge in [-0.15, -0.1) is 0 Å². The van der Waals surface area contributed by atoms with Crippen LogP contribution in [0.1, 0.15) is 11.7 Å². The first kappa shape index (κ1) is 13.3. The molecule has 1 aromatic heterocycles. The Morgan fingerprint density at radius 1 is 1.21 bits per heavy atom. The summed E-state index contributed by atoms with van der Waals surface area (Å²) in [6.07, 6.45) is 1.70. The third-order valence-electron chi connectivity index (χ3n) is 2.71. The van der Waals surface area contributed by atoms with Gasteiger partial charge in [0.25, 0.3) is 0 Å². The highest BCUT2D eigenvalue weighted by molar-refractivity contribution is 5.30. The molecule has 0 fully saturated rings. The lowest BCUT2D eigenvalue weighted by Crippen LogP contribution is -2.33. The van der Waals surface area contributed by atoms with Crippen LogP contribution in [0.25, 0.3) is 0 Å². The molecule has 1 atom stereocenters. The van der Waals surface area contributed by atoms with E-state index in [0.29, 0.717) is 12.4 Å². The molecule has 0 radical (unpaired) electrons. The Bertz CT molecular complexity index is 505. The van der Waals surface area contributed by atoms with Crippen LogP contribution in [-0.2, 0) is 0 Å². The van der Waals surface area contributed by atoms with Gasteiger partial charge in [-0.05, 0) is 24.3 Å². The number of hydrogen-bond donors (Lipinski definition) is 2. The molecule has 5 nitrogen and oxygen atoms in total. The van der Waals surface area contributed by atoms with Gasteiger partial charge in [-0.1, -0.05) is 18.2 Å². The van der Waals surface area contributed by atoms with Crippen LogP contribution in [-0.4, -0.2) is 18.7 Å². The minimum Gasteiger partial charge on any atom is -0.495 e. The summed E-state index contributed by atoms with van der Waals surface area (Å²) >= 11 is 0. The summed E-state index contributed by atoms with van der Waals surface area (Å²) in [5, 5.41) is 0. The van der Waals surface area contributed by atoms with E-state index in [4.69, 9.17) is 15.3 Å². The number of methoxy groups -OCH3 is 1. The lowest BCUT2D eigenvalue weighted by Gasteiger charge is -2.18. The lowest BCUT2D eigenvalue weighted by molar-refractivity contribution is 0.260. The van der Waals surface area contributed by atoms with Crippen LogP contribution < -0.4 is 20.7 Å².